The Morgan fingerprint density at radius 1 is 0.950 bits per heavy atom. The van der Waals surface area contributed by atoms with Crippen LogP contribution in [0.4, 0.5) is 14.7 Å². The average Bonchev–Trinajstić information content (AvgIpc) is 2.90. The van der Waals surface area contributed by atoms with Gasteiger partial charge in [-0.15, -0.1) is 0 Å². The van der Waals surface area contributed by atoms with Gasteiger partial charge in [0, 0.05) is 17.5 Å². The summed E-state index contributed by atoms with van der Waals surface area (Å²) in [5, 5.41) is 0. The SMILES string of the molecule is Nc1nc(-c2cc(F)cc(F)c2)nc(C2CCCC2)n1. The fourth-order valence-electron chi connectivity index (χ4n) is 2.59. The lowest BCUT2D eigenvalue weighted by Crippen LogP contribution is -2.08. The molecule has 0 radical (unpaired) electrons. The zero-order valence-corrected chi connectivity index (χ0v) is 10.8. The number of benzene rings is 1. The van der Waals surface area contributed by atoms with Crippen molar-refractivity contribution in [1.82, 2.24) is 15.0 Å². The normalized spacial score (nSPS) is 15.7. The second-order valence-corrected chi connectivity index (χ2v) is 5.01. The molecule has 0 unspecified atom stereocenters. The molecule has 1 aliphatic carbocycles. The van der Waals surface area contributed by atoms with E-state index in [0.717, 1.165) is 31.7 Å². The first-order valence-corrected chi connectivity index (χ1v) is 6.60. The molecule has 0 saturated heterocycles. The largest absolute Gasteiger partial charge is 0.368 e. The third-order valence-electron chi connectivity index (χ3n) is 3.51. The number of hydrogen-bond acceptors (Lipinski definition) is 4. The van der Waals surface area contributed by atoms with Crippen molar-refractivity contribution in [2.75, 3.05) is 5.73 Å². The third-order valence-corrected chi connectivity index (χ3v) is 3.51. The van der Waals surface area contributed by atoms with E-state index in [2.05, 4.69) is 15.0 Å². The first-order chi connectivity index (χ1) is 9.61. The summed E-state index contributed by atoms with van der Waals surface area (Å²) in [5.41, 5.74) is 5.96. The number of aromatic nitrogens is 3. The molecule has 3 rings (SSSR count). The van der Waals surface area contributed by atoms with Crippen molar-refractivity contribution in [3.8, 4) is 11.4 Å². The van der Waals surface area contributed by atoms with Gasteiger partial charge in [0.15, 0.2) is 5.82 Å². The molecule has 20 heavy (non-hydrogen) atoms. The Balaban J connectivity index is 2.04. The molecule has 104 valence electrons. The molecule has 0 amide bonds. The van der Waals surface area contributed by atoms with Gasteiger partial charge in [-0.3, -0.25) is 0 Å². The number of anilines is 1. The molecular formula is C14H14F2N4. The number of nitrogens with zero attached hydrogens (tertiary/aromatic N) is 3. The van der Waals surface area contributed by atoms with E-state index in [0.29, 0.717) is 5.82 Å². The van der Waals surface area contributed by atoms with Crippen LogP contribution in [0.5, 0.6) is 0 Å². The summed E-state index contributed by atoms with van der Waals surface area (Å²) in [6.07, 6.45) is 4.31. The van der Waals surface area contributed by atoms with Crippen LogP contribution in [0.3, 0.4) is 0 Å². The van der Waals surface area contributed by atoms with Gasteiger partial charge in [0.25, 0.3) is 0 Å². The van der Waals surface area contributed by atoms with Crippen LogP contribution in [0.1, 0.15) is 37.4 Å². The maximum Gasteiger partial charge on any atom is 0.223 e. The summed E-state index contributed by atoms with van der Waals surface area (Å²) >= 11 is 0. The predicted octanol–water partition coefficient (Wildman–Crippen LogP) is 3.06. The van der Waals surface area contributed by atoms with Crippen molar-refractivity contribution in [3.05, 3.63) is 35.7 Å². The van der Waals surface area contributed by atoms with Crippen LogP contribution in [-0.4, -0.2) is 15.0 Å². The minimum Gasteiger partial charge on any atom is -0.368 e. The van der Waals surface area contributed by atoms with Crippen LogP contribution in [0.2, 0.25) is 0 Å². The summed E-state index contributed by atoms with van der Waals surface area (Å²) in [5.74, 6) is -0.144. The van der Waals surface area contributed by atoms with Gasteiger partial charge < -0.3 is 5.73 Å². The lowest BCUT2D eigenvalue weighted by atomic mass is 10.1. The molecule has 6 heteroatoms. The van der Waals surface area contributed by atoms with Crippen LogP contribution >= 0.6 is 0 Å². The quantitative estimate of drug-likeness (QED) is 0.915. The minimum atomic E-state index is -0.665. The summed E-state index contributed by atoms with van der Waals surface area (Å²) in [4.78, 5) is 12.5. The topological polar surface area (TPSA) is 64.7 Å². The van der Waals surface area contributed by atoms with Gasteiger partial charge in [-0.1, -0.05) is 12.8 Å². The average molecular weight is 276 g/mol. The molecule has 1 aromatic carbocycles. The molecule has 0 aliphatic heterocycles. The highest BCUT2D eigenvalue weighted by Gasteiger charge is 2.21. The molecule has 1 aliphatic rings. The Morgan fingerprint density at radius 2 is 1.60 bits per heavy atom. The highest BCUT2D eigenvalue weighted by atomic mass is 19.1. The van der Waals surface area contributed by atoms with Crippen LogP contribution < -0.4 is 5.73 Å². The Hall–Kier alpha value is -2.11. The number of halogens is 2. The van der Waals surface area contributed by atoms with Gasteiger partial charge in [0.05, 0.1) is 0 Å². The Labute approximate surface area is 115 Å². The van der Waals surface area contributed by atoms with Gasteiger partial charge in [0.2, 0.25) is 5.95 Å². The maximum atomic E-state index is 13.3. The van der Waals surface area contributed by atoms with Crippen molar-refractivity contribution in [3.63, 3.8) is 0 Å². The number of hydrogen-bond donors (Lipinski definition) is 1. The second kappa shape index (κ2) is 5.11. The summed E-state index contributed by atoms with van der Waals surface area (Å²) in [6, 6.07) is 3.19. The molecule has 4 nitrogen and oxygen atoms in total. The van der Waals surface area contributed by atoms with Gasteiger partial charge in [-0.25, -0.2) is 13.8 Å². The molecule has 1 aromatic heterocycles. The highest BCUT2D eigenvalue weighted by molar-refractivity contribution is 5.56. The molecule has 0 atom stereocenters. The molecular weight excluding hydrogens is 262 g/mol. The Bertz CT molecular complexity index is 619. The molecule has 0 bridgehead atoms. The molecule has 1 saturated carbocycles. The van der Waals surface area contributed by atoms with E-state index in [4.69, 9.17) is 5.73 Å². The number of nitrogen functional groups attached to an aromatic ring is 1. The van der Waals surface area contributed by atoms with E-state index in [1.807, 2.05) is 0 Å². The van der Waals surface area contributed by atoms with Crippen molar-refractivity contribution in [1.29, 1.82) is 0 Å². The van der Waals surface area contributed by atoms with Gasteiger partial charge >= 0.3 is 0 Å². The van der Waals surface area contributed by atoms with E-state index in [1.54, 1.807) is 0 Å². The lowest BCUT2D eigenvalue weighted by molar-refractivity contribution is 0.583. The smallest absolute Gasteiger partial charge is 0.223 e. The zero-order chi connectivity index (χ0) is 14.1. The van der Waals surface area contributed by atoms with Gasteiger partial charge in [-0.05, 0) is 25.0 Å². The van der Waals surface area contributed by atoms with E-state index in [1.165, 1.54) is 12.1 Å². The monoisotopic (exact) mass is 276 g/mol. The summed E-state index contributed by atoms with van der Waals surface area (Å²) < 4.78 is 26.5. The van der Waals surface area contributed by atoms with Crippen LogP contribution in [0.15, 0.2) is 18.2 Å². The highest BCUT2D eigenvalue weighted by Crippen LogP contribution is 2.33. The maximum absolute atomic E-state index is 13.3. The standard InChI is InChI=1S/C14H14F2N4/c15-10-5-9(6-11(16)7-10)13-18-12(19-14(17)20-13)8-3-1-2-4-8/h5-8H,1-4H2,(H2,17,18,19,20). The van der Waals surface area contributed by atoms with E-state index in [-0.39, 0.29) is 23.3 Å². The molecule has 2 N–H and O–H groups in total. The van der Waals surface area contributed by atoms with E-state index < -0.39 is 11.6 Å². The van der Waals surface area contributed by atoms with Crippen molar-refractivity contribution >= 4 is 5.95 Å². The minimum absolute atomic E-state index is 0.0848. The van der Waals surface area contributed by atoms with Gasteiger partial charge in [0.1, 0.15) is 17.5 Å². The van der Waals surface area contributed by atoms with E-state index >= 15 is 0 Å². The summed E-state index contributed by atoms with van der Waals surface area (Å²) in [7, 11) is 0. The zero-order valence-electron chi connectivity index (χ0n) is 10.8. The van der Waals surface area contributed by atoms with Crippen LogP contribution in [-0.2, 0) is 0 Å². The molecule has 1 heterocycles. The third kappa shape index (κ3) is 2.59. The lowest BCUT2D eigenvalue weighted by Gasteiger charge is -2.10. The Kier molecular flexibility index (Phi) is 3.30. The first kappa shape index (κ1) is 12.9. The Morgan fingerprint density at radius 3 is 2.25 bits per heavy atom. The van der Waals surface area contributed by atoms with Crippen LogP contribution in [0, 0.1) is 11.6 Å². The molecule has 1 fully saturated rings. The van der Waals surface area contributed by atoms with Gasteiger partial charge in [-0.2, -0.15) is 9.97 Å². The number of nitrogens with two attached hydrogens (primary N) is 1. The van der Waals surface area contributed by atoms with Crippen LogP contribution in [0.25, 0.3) is 11.4 Å². The van der Waals surface area contributed by atoms with E-state index in [9.17, 15) is 8.78 Å². The predicted molar refractivity (Wildman–Crippen MR) is 70.8 cm³/mol. The molecule has 2 aromatic rings. The summed E-state index contributed by atoms with van der Waals surface area (Å²) in [6.45, 7) is 0. The fraction of sp³-hybridized carbons (Fsp3) is 0.357. The fourth-order valence-corrected chi connectivity index (χ4v) is 2.59. The van der Waals surface area contributed by atoms with Crippen molar-refractivity contribution in [2.45, 2.75) is 31.6 Å². The second-order valence-electron chi connectivity index (χ2n) is 5.01. The van der Waals surface area contributed by atoms with Crippen molar-refractivity contribution in [2.24, 2.45) is 0 Å². The first-order valence-electron chi connectivity index (χ1n) is 6.60. The van der Waals surface area contributed by atoms with Crippen molar-refractivity contribution < 1.29 is 8.78 Å². The molecule has 0 spiro atoms. The number of rotatable bonds is 2.